The number of allylic oxidation sites excluding steroid dienone is 2. The third-order valence-electron chi connectivity index (χ3n) is 6.42. The third kappa shape index (κ3) is 3.81. The van der Waals surface area contributed by atoms with Crippen LogP contribution in [0.1, 0.15) is 32.3 Å². The second-order valence-corrected chi connectivity index (χ2v) is 9.68. The van der Waals surface area contributed by atoms with Crippen molar-refractivity contribution < 1.29 is 9.90 Å². The van der Waals surface area contributed by atoms with E-state index in [1.807, 2.05) is 105 Å². The van der Waals surface area contributed by atoms with Crippen molar-refractivity contribution in [2.75, 3.05) is 5.73 Å². The predicted molar refractivity (Wildman–Crippen MR) is 139 cm³/mol. The molecule has 0 spiro atoms. The van der Waals surface area contributed by atoms with Crippen molar-refractivity contribution in [2.24, 2.45) is 5.41 Å². The number of aliphatic hydroxyl groups is 1. The van der Waals surface area contributed by atoms with Crippen LogP contribution in [0.4, 0.5) is 5.69 Å². The van der Waals surface area contributed by atoms with Gasteiger partial charge in [0.2, 0.25) is 0 Å². The van der Waals surface area contributed by atoms with Crippen LogP contribution in [0.15, 0.2) is 96.8 Å². The summed E-state index contributed by atoms with van der Waals surface area (Å²) >= 11 is 0. The minimum absolute atomic E-state index is 0.0382. The Morgan fingerprint density at radius 3 is 2.03 bits per heavy atom. The summed E-state index contributed by atoms with van der Waals surface area (Å²) in [5.41, 5.74) is 12.5. The number of hydrogen-bond acceptors (Lipinski definition) is 3. The van der Waals surface area contributed by atoms with E-state index in [-0.39, 0.29) is 17.0 Å². The lowest BCUT2D eigenvalue weighted by Crippen LogP contribution is -2.25. The van der Waals surface area contributed by atoms with E-state index in [0.29, 0.717) is 24.1 Å². The molecule has 1 heterocycles. The highest BCUT2D eigenvalue weighted by Gasteiger charge is 2.36. The molecule has 1 aliphatic carbocycles. The summed E-state index contributed by atoms with van der Waals surface area (Å²) in [5, 5.41) is 11.1. The van der Waals surface area contributed by atoms with Crippen LogP contribution in [0.5, 0.6) is 0 Å². The molecule has 4 aromatic rings. The number of rotatable bonds is 4. The third-order valence-corrected chi connectivity index (χ3v) is 6.42. The molecular weight excluding hydrogens is 420 g/mol. The Morgan fingerprint density at radius 2 is 1.41 bits per heavy atom. The molecule has 34 heavy (non-hydrogen) atoms. The fourth-order valence-electron chi connectivity index (χ4n) is 4.94. The van der Waals surface area contributed by atoms with Gasteiger partial charge in [0, 0.05) is 18.4 Å². The molecule has 0 fully saturated rings. The van der Waals surface area contributed by atoms with Crippen LogP contribution in [-0.2, 0) is 4.79 Å². The van der Waals surface area contributed by atoms with Gasteiger partial charge in [0.25, 0.3) is 0 Å². The quantitative estimate of drug-likeness (QED) is 0.329. The highest BCUT2D eigenvalue weighted by Crippen LogP contribution is 2.45. The van der Waals surface area contributed by atoms with Gasteiger partial charge in [0.15, 0.2) is 5.78 Å². The fourth-order valence-corrected chi connectivity index (χ4v) is 4.94. The topological polar surface area (TPSA) is 68.2 Å². The summed E-state index contributed by atoms with van der Waals surface area (Å²) in [6, 6.07) is 29.8. The lowest BCUT2D eigenvalue weighted by molar-refractivity contribution is -0.116. The average Bonchev–Trinajstić information content (AvgIpc) is 3.19. The largest absolute Gasteiger partial charge is 0.512 e. The number of Topliss-reactive ketones (excluding diaryl/α,β-unsaturated/α-hetero) is 1. The van der Waals surface area contributed by atoms with Crippen LogP contribution in [0.2, 0.25) is 0 Å². The first-order chi connectivity index (χ1) is 16.4. The number of hydrogen-bond donors (Lipinski definition) is 2. The Bertz CT molecular complexity index is 1400. The van der Waals surface area contributed by atoms with Gasteiger partial charge in [-0.25, -0.2) is 0 Å². The number of nitrogens with two attached hydrogens (primary N) is 1. The molecule has 3 N–H and O–H groups in total. The van der Waals surface area contributed by atoms with E-state index in [1.54, 1.807) is 0 Å². The molecule has 0 bridgehead atoms. The molecule has 5 rings (SSSR count). The smallest absolute Gasteiger partial charge is 0.167 e. The normalized spacial score (nSPS) is 15.5. The number of anilines is 1. The van der Waals surface area contributed by atoms with E-state index < -0.39 is 0 Å². The minimum atomic E-state index is -0.272. The molecule has 0 unspecified atom stereocenters. The Morgan fingerprint density at radius 1 is 0.824 bits per heavy atom. The van der Waals surface area contributed by atoms with Crippen LogP contribution in [0, 0.1) is 5.41 Å². The van der Waals surface area contributed by atoms with Crippen molar-refractivity contribution in [3.63, 3.8) is 0 Å². The second-order valence-electron chi connectivity index (χ2n) is 9.68. The van der Waals surface area contributed by atoms with Gasteiger partial charge < -0.3 is 15.4 Å². The second kappa shape index (κ2) is 8.38. The van der Waals surface area contributed by atoms with Gasteiger partial charge in [-0.15, -0.1) is 0 Å². The Labute approximate surface area is 200 Å². The van der Waals surface area contributed by atoms with Gasteiger partial charge in [0.05, 0.1) is 28.3 Å². The van der Waals surface area contributed by atoms with Gasteiger partial charge in [0.1, 0.15) is 5.76 Å². The van der Waals surface area contributed by atoms with Gasteiger partial charge >= 0.3 is 0 Å². The van der Waals surface area contributed by atoms with Crippen LogP contribution in [0.25, 0.3) is 33.8 Å². The van der Waals surface area contributed by atoms with E-state index in [4.69, 9.17) is 5.73 Å². The van der Waals surface area contributed by atoms with Crippen LogP contribution in [-0.4, -0.2) is 15.5 Å². The molecule has 4 heteroatoms. The Hall–Kier alpha value is -4.05. The van der Waals surface area contributed by atoms with Crippen molar-refractivity contribution in [3.05, 3.63) is 102 Å². The summed E-state index contributed by atoms with van der Waals surface area (Å²) in [7, 11) is 0. The van der Waals surface area contributed by atoms with E-state index in [0.717, 1.165) is 33.8 Å². The molecule has 4 nitrogen and oxygen atoms in total. The number of nitrogen functional groups attached to an aromatic ring is 1. The predicted octanol–water partition coefficient (Wildman–Crippen LogP) is 7.05. The molecule has 0 saturated carbocycles. The first-order valence-corrected chi connectivity index (χ1v) is 11.5. The van der Waals surface area contributed by atoms with Gasteiger partial charge in [-0.2, -0.15) is 0 Å². The van der Waals surface area contributed by atoms with Crippen molar-refractivity contribution in [1.82, 2.24) is 4.57 Å². The van der Waals surface area contributed by atoms with Crippen LogP contribution >= 0.6 is 0 Å². The SMILES string of the molecule is CC1(C)CC(=O)C(c2cc(-c3ccccc3)n(-c3ccccc3N)c2-c2ccccc2)=C(O)C1. The number of ketones is 1. The zero-order valence-corrected chi connectivity index (χ0v) is 19.5. The summed E-state index contributed by atoms with van der Waals surface area (Å²) in [4.78, 5) is 13.4. The summed E-state index contributed by atoms with van der Waals surface area (Å²) in [6.45, 7) is 4.03. The number of carbonyl (C=O) groups is 1. The highest BCUT2D eigenvalue weighted by atomic mass is 16.3. The monoisotopic (exact) mass is 448 g/mol. The maximum atomic E-state index is 13.4. The van der Waals surface area contributed by atoms with E-state index in [9.17, 15) is 9.90 Å². The molecular formula is C30H28N2O2. The number of nitrogens with zero attached hydrogens (tertiary/aromatic N) is 1. The van der Waals surface area contributed by atoms with Crippen molar-refractivity contribution >= 4 is 17.0 Å². The van der Waals surface area contributed by atoms with Gasteiger partial charge in [-0.1, -0.05) is 86.6 Å². The maximum absolute atomic E-state index is 13.4. The molecule has 3 aromatic carbocycles. The number of aliphatic hydroxyl groups excluding tert-OH is 1. The Kier molecular flexibility index (Phi) is 5.37. The number of benzene rings is 3. The number of carbonyl (C=O) groups excluding carboxylic acids is 1. The molecule has 0 atom stereocenters. The zero-order chi connectivity index (χ0) is 23.9. The zero-order valence-electron chi connectivity index (χ0n) is 19.5. The first kappa shape index (κ1) is 21.8. The molecule has 0 amide bonds. The van der Waals surface area contributed by atoms with Gasteiger partial charge in [-0.05, 0) is 34.7 Å². The van der Waals surface area contributed by atoms with Crippen molar-refractivity contribution in [3.8, 4) is 28.2 Å². The highest BCUT2D eigenvalue weighted by molar-refractivity contribution is 6.24. The van der Waals surface area contributed by atoms with Crippen LogP contribution in [0.3, 0.4) is 0 Å². The summed E-state index contributed by atoms with van der Waals surface area (Å²) < 4.78 is 2.11. The standard InChI is InChI=1S/C30H28N2O2/c1-30(2)18-26(33)28(27(34)19-30)22-17-25(20-11-5-3-6-12-20)32(24-16-10-9-15-23(24)31)29(22)21-13-7-4-8-14-21/h3-17,33H,18-19,31H2,1-2H3. The average molecular weight is 449 g/mol. The fraction of sp³-hybridized carbons (Fsp3) is 0.167. The van der Waals surface area contributed by atoms with Gasteiger partial charge in [-0.3, -0.25) is 4.79 Å². The maximum Gasteiger partial charge on any atom is 0.167 e. The van der Waals surface area contributed by atoms with E-state index in [2.05, 4.69) is 4.57 Å². The van der Waals surface area contributed by atoms with Crippen molar-refractivity contribution in [1.29, 1.82) is 0 Å². The molecule has 1 aliphatic rings. The lowest BCUT2D eigenvalue weighted by atomic mass is 9.75. The lowest BCUT2D eigenvalue weighted by Gasteiger charge is -2.29. The molecule has 1 aromatic heterocycles. The first-order valence-electron chi connectivity index (χ1n) is 11.5. The van der Waals surface area contributed by atoms with Crippen LogP contribution < -0.4 is 5.73 Å². The number of aromatic nitrogens is 1. The number of para-hydroxylation sites is 2. The summed E-state index contributed by atoms with van der Waals surface area (Å²) in [6.07, 6.45) is 0.849. The Balaban J connectivity index is 1.90. The minimum Gasteiger partial charge on any atom is -0.512 e. The molecule has 0 saturated heterocycles. The van der Waals surface area contributed by atoms with Crippen molar-refractivity contribution in [2.45, 2.75) is 26.7 Å². The summed E-state index contributed by atoms with van der Waals surface area (Å²) in [5.74, 6) is 0.111. The van der Waals surface area contributed by atoms with E-state index >= 15 is 0 Å². The molecule has 170 valence electrons. The van der Waals surface area contributed by atoms with E-state index in [1.165, 1.54) is 0 Å². The molecule has 0 aliphatic heterocycles. The molecule has 0 radical (unpaired) electrons.